The molecule has 1 amide bonds. The van der Waals surface area contributed by atoms with Gasteiger partial charge in [0, 0.05) is 10.6 Å². The normalized spacial score (nSPS) is 12.3. The van der Waals surface area contributed by atoms with Gasteiger partial charge in [0.1, 0.15) is 5.25 Å². The highest BCUT2D eigenvalue weighted by atomic mass is 32.2. The Balaban J connectivity index is 1.82. The predicted molar refractivity (Wildman–Crippen MR) is 108 cm³/mol. The molecule has 0 bridgehead atoms. The average molecular weight is 399 g/mol. The summed E-state index contributed by atoms with van der Waals surface area (Å²) < 4.78 is 22.7. The molecule has 0 aliphatic rings. The smallest absolute Gasteiger partial charge is 0.242 e. The zero-order chi connectivity index (χ0) is 19.3. The summed E-state index contributed by atoms with van der Waals surface area (Å²) >= 11 is 1.45. The molecule has 0 aromatic heterocycles. The second kappa shape index (κ2) is 8.39. The number of nitrogens with two attached hydrogens (primary N) is 1. The van der Waals surface area contributed by atoms with Crippen LogP contribution in [0.5, 0.6) is 0 Å². The Kier molecular flexibility index (Phi) is 5.95. The summed E-state index contributed by atoms with van der Waals surface area (Å²) in [6, 6.07) is 25.0. The number of sulfonamides is 1. The summed E-state index contributed by atoms with van der Waals surface area (Å²) in [6.45, 7) is 0. The first-order valence-electron chi connectivity index (χ1n) is 8.14. The Bertz CT molecular complexity index is 1010. The van der Waals surface area contributed by atoms with Crippen LogP contribution in [0.4, 0.5) is 5.69 Å². The van der Waals surface area contributed by atoms with Crippen molar-refractivity contribution in [2.24, 2.45) is 5.14 Å². The first-order valence-corrected chi connectivity index (χ1v) is 10.6. The summed E-state index contributed by atoms with van der Waals surface area (Å²) in [7, 11) is -3.76. The maximum atomic E-state index is 12.9. The van der Waals surface area contributed by atoms with Crippen molar-refractivity contribution in [3.05, 3.63) is 90.5 Å². The van der Waals surface area contributed by atoms with Crippen LogP contribution in [-0.4, -0.2) is 14.3 Å². The number of benzene rings is 3. The number of hydrogen-bond acceptors (Lipinski definition) is 4. The Morgan fingerprint density at radius 2 is 1.41 bits per heavy atom. The molecule has 0 aliphatic heterocycles. The monoisotopic (exact) mass is 398 g/mol. The lowest BCUT2D eigenvalue weighted by Crippen LogP contribution is -2.19. The molecule has 0 saturated heterocycles. The fraction of sp³-hybridized carbons (Fsp3) is 0.0500. The zero-order valence-corrected chi connectivity index (χ0v) is 15.9. The van der Waals surface area contributed by atoms with Crippen LogP contribution in [0.15, 0.2) is 94.7 Å². The fourth-order valence-electron chi connectivity index (χ4n) is 2.47. The molecule has 138 valence electrons. The molecule has 5 nitrogen and oxygen atoms in total. The Morgan fingerprint density at radius 1 is 0.852 bits per heavy atom. The predicted octanol–water partition coefficient (Wildman–Crippen LogP) is 3.81. The van der Waals surface area contributed by atoms with Gasteiger partial charge in [-0.2, -0.15) is 0 Å². The molecule has 3 aromatic carbocycles. The minimum absolute atomic E-state index is 0.00114. The second-order valence-electron chi connectivity index (χ2n) is 5.78. The van der Waals surface area contributed by atoms with Crippen molar-refractivity contribution in [3.8, 4) is 0 Å². The minimum Gasteiger partial charge on any atom is -0.325 e. The summed E-state index contributed by atoms with van der Waals surface area (Å²) in [5, 5.41) is 7.49. The van der Waals surface area contributed by atoms with E-state index in [1.807, 2.05) is 60.7 Å². The van der Waals surface area contributed by atoms with E-state index >= 15 is 0 Å². The van der Waals surface area contributed by atoms with Crippen LogP contribution in [0.25, 0.3) is 0 Å². The van der Waals surface area contributed by atoms with Crippen molar-refractivity contribution in [3.63, 3.8) is 0 Å². The number of amides is 1. The molecule has 0 heterocycles. The third-order valence-electron chi connectivity index (χ3n) is 3.79. The number of carbonyl (C=O) groups excluding carboxylic acids is 1. The molecule has 1 atom stereocenters. The third-order valence-corrected chi connectivity index (χ3v) is 5.98. The molecule has 7 heteroatoms. The van der Waals surface area contributed by atoms with Gasteiger partial charge in [-0.15, -0.1) is 11.8 Å². The molecule has 0 radical (unpaired) electrons. The van der Waals surface area contributed by atoms with Gasteiger partial charge in [-0.3, -0.25) is 4.79 Å². The van der Waals surface area contributed by atoms with Gasteiger partial charge in [-0.1, -0.05) is 48.5 Å². The van der Waals surface area contributed by atoms with E-state index < -0.39 is 15.3 Å². The molecule has 0 unspecified atom stereocenters. The van der Waals surface area contributed by atoms with E-state index in [9.17, 15) is 13.2 Å². The molecule has 0 fully saturated rings. The van der Waals surface area contributed by atoms with Gasteiger partial charge >= 0.3 is 0 Å². The highest BCUT2D eigenvalue weighted by Crippen LogP contribution is 2.36. The zero-order valence-electron chi connectivity index (χ0n) is 14.3. The standard InChI is InChI=1S/C20H18N2O3S2/c21-27(24,25)18-13-11-16(12-14-18)22-20(23)19(15-7-3-1-4-8-15)26-17-9-5-2-6-10-17/h1-14,19H,(H,22,23)(H2,21,24,25)/t19-/m0/s1. The highest BCUT2D eigenvalue weighted by Gasteiger charge is 2.22. The van der Waals surface area contributed by atoms with Gasteiger partial charge in [0.05, 0.1) is 4.90 Å². The Labute approximate surface area is 162 Å². The maximum absolute atomic E-state index is 12.9. The number of carbonyl (C=O) groups is 1. The molecule has 3 rings (SSSR count). The number of nitrogens with one attached hydrogen (secondary N) is 1. The van der Waals surface area contributed by atoms with Crippen molar-refractivity contribution in [1.82, 2.24) is 0 Å². The van der Waals surface area contributed by atoms with Gasteiger partial charge < -0.3 is 5.32 Å². The van der Waals surface area contributed by atoms with E-state index in [1.165, 1.54) is 36.0 Å². The lowest BCUT2D eigenvalue weighted by atomic mass is 10.1. The van der Waals surface area contributed by atoms with Gasteiger partial charge in [0.2, 0.25) is 15.9 Å². The average Bonchev–Trinajstić information content (AvgIpc) is 2.67. The maximum Gasteiger partial charge on any atom is 0.242 e. The largest absolute Gasteiger partial charge is 0.325 e. The van der Waals surface area contributed by atoms with Gasteiger partial charge in [-0.25, -0.2) is 13.6 Å². The van der Waals surface area contributed by atoms with Crippen molar-refractivity contribution >= 4 is 33.4 Å². The SMILES string of the molecule is NS(=O)(=O)c1ccc(NC(=O)[C@@H](Sc2ccccc2)c2ccccc2)cc1. The van der Waals surface area contributed by atoms with E-state index in [0.717, 1.165) is 10.5 Å². The first-order chi connectivity index (χ1) is 12.9. The quantitative estimate of drug-likeness (QED) is 0.618. The van der Waals surface area contributed by atoms with Gasteiger partial charge in [-0.05, 0) is 42.0 Å². The van der Waals surface area contributed by atoms with Gasteiger partial charge in [0.15, 0.2) is 0 Å². The number of hydrogen-bond donors (Lipinski definition) is 2. The van der Waals surface area contributed by atoms with Crippen LogP contribution in [0.2, 0.25) is 0 Å². The van der Waals surface area contributed by atoms with Crippen LogP contribution >= 0.6 is 11.8 Å². The van der Waals surface area contributed by atoms with Crippen LogP contribution in [-0.2, 0) is 14.8 Å². The third kappa shape index (κ3) is 5.19. The highest BCUT2D eigenvalue weighted by molar-refractivity contribution is 8.00. The van der Waals surface area contributed by atoms with Crippen molar-refractivity contribution < 1.29 is 13.2 Å². The number of primary sulfonamides is 1. The summed E-state index contributed by atoms with van der Waals surface area (Å²) in [5.74, 6) is -0.196. The molecular formula is C20H18N2O3S2. The van der Waals surface area contributed by atoms with Crippen LogP contribution in [0.3, 0.4) is 0 Å². The van der Waals surface area contributed by atoms with E-state index in [-0.39, 0.29) is 10.8 Å². The van der Waals surface area contributed by atoms with E-state index in [2.05, 4.69) is 5.32 Å². The van der Waals surface area contributed by atoms with E-state index in [4.69, 9.17) is 5.14 Å². The van der Waals surface area contributed by atoms with Crippen LogP contribution in [0.1, 0.15) is 10.8 Å². The summed E-state index contributed by atoms with van der Waals surface area (Å²) in [5.41, 5.74) is 1.38. The lowest BCUT2D eigenvalue weighted by Gasteiger charge is -2.17. The molecule has 0 saturated carbocycles. The topological polar surface area (TPSA) is 89.3 Å². The van der Waals surface area contributed by atoms with E-state index in [1.54, 1.807) is 0 Å². The Morgan fingerprint density at radius 3 is 1.96 bits per heavy atom. The molecule has 0 aliphatic carbocycles. The first kappa shape index (κ1) is 19.2. The van der Waals surface area contributed by atoms with Crippen molar-refractivity contribution in [1.29, 1.82) is 0 Å². The number of rotatable bonds is 6. The lowest BCUT2D eigenvalue weighted by molar-refractivity contribution is -0.115. The molecule has 27 heavy (non-hydrogen) atoms. The minimum atomic E-state index is -3.76. The van der Waals surface area contributed by atoms with Crippen LogP contribution < -0.4 is 10.5 Å². The Hall–Kier alpha value is -2.61. The van der Waals surface area contributed by atoms with Crippen LogP contribution in [0, 0.1) is 0 Å². The summed E-state index contributed by atoms with van der Waals surface area (Å²) in [4.78, 5) is 13.9. The molecule has 3 aromatic rings. The number of thioether (sulfide) groups is 1. The fourth-order valence-corrected chi connectivity index (χ4v) is 4.03. The second-order valence-corrected chi connectivity index (χ2v) is 8.52. The molecular weight excluding hydrogens is 380 g/mol. The van der Waals surface area contributed by atoms with E-state index in [0.29, 0.717) is 5.69 Å². The summed E-state index contributed by atoms with van der Waals surface area (Å²) in [6.07, 6.45) is 0. The van der Waals surface area contributed by atoms with Crippen molar-refractivity contribution in [2.75, 3.05) is 5.32 Å². The molecule has 0 spiro atoms. The number of anilines is 1. The molecule has 3 N–H and O–H groups in total. The van der Waals surface area contributed by atoms with Gasteiger partial charge in [0.25, 0.3) is 0 Å². The van der Waals surface area contributed by atoms with Crippen molar-refractivity contribution in [2.45, 2.75) is 15.0 Å².